The van der Waals surface area contributed by atoms with Crippen molar-refractivity contribution in [3.8, 4) is 0 Å². The highest BCUT2D eigenvalue weighted by atomic mass is 79.9. The number of nitrogens with two attached hydrogens (primary N) is 1. The SMILES string of the molecule is Nc1cc(Br)c(F)c(S(=O)(=O)NCc2ccccc2F)c1. The zero-order valence-electron chi connectivity index (χ0n) is 10.6. The Bertz CT molecular complexity index is 782. The molecule has 3 N–H and O–H groups in total. The molecule has 0 aliphatic carbocycles. The number of hydrogen-bond acceptors (Lipinski definition) is 3. The van der Waals surface area contributed by atoms with Gasteiger partial charge in [0.15, 0.2) is 5.82 Å². The van der Waals surface area contributed by atoms with Crippen molar-refractivity contribution in [1.82, 2.24) is 4.72 Å². The van der Waals surface area contributed by atoms with Gasteiger partial charge in [-0.2, -0.15) is 0 Å². The van der Waals surface area contributed by atoms with Crippen molar-refractivity contribution < 1.29 is 17.2 Å². The average molecular weight is 377 g/mol. The molecular weight excluding hydrogens is 366 g/mol. The summed E-state index contributed by atoms with van der Waals surface area (Å²) in [4.78, 5) is -0.592. The molecule has 112 valence electrons. The van der Waals surface area contributed by atoms with Gasteiger partial charge in [-0.3, -0.25) is 0 Å². The van der Waals surface area contributed by atoms with Gasteiger partial charge < -0.3 is 5.73 Å². The van der Waals surface area contributed by atoms with E-state index in [0.717, 1.165) is 6.07 Å². The smallest absolute Gasteiger partial charge is 0.243 e. The van der Waals surface area contributed by atoms with Gasteiger partial charge in [-0.1, -0.05) is 18.2 Å². The van der Waals surface area contributed by atoms with Crippen LogP contribution in [0.15, 0.2) is 45.8 Å². The van der Waals surface area contributed by atoms with E-state index >= 15 is 0 Å². The monoisotopic (exact) mass is 376 g/mol. The minimum atomic E-state index is -4.15. The fourth-order valence-corrected chi connectivity index (χ4v) is 3.42. The molecule has 4 nitrogen and oxygen atoms in total. The standard InChI is InChI=1S/C13H11BrF2N2O2S/c14-10-5-9(17)6-12(13(10)16)21(19,20)18-7-8-3-1-2-4-11(8)15/h1-6,18H,7,17H2. The number of sulfonamides is 1. The quantitative estimate of drug-likeness (QED) is 0.805. The van der Waals surface area contributed by atoms with Crippen molar-refractivity contribution >= 4 is 31.6 Å². The van der Waals surface area contributed by atoms with Crippen LogP contribution in [0.5, 0.6) is 0 Å². The first kappa shape index (κ1) is 15.9. The molecule has 0 bridgehead atoms. The van der Waals surface area contributed by atoms with E-state index < -0.39 is 26.6 Å². The zero-order chi connectivity index (χ0) is 15.6. The lowest BCUT2D eigenvalue weighted by Gasteiger charge is -2.10. The van der Waals surface area contributed by atoms with E-state index in [0.29, 0.717) is 0 Å². The lowest BCUT2D eigenvalue weighted by atomic mass is 10.2. The van der Waals surface area contributed by atoms with Gasteiger partial charge in [-0.15, -0.1) is 0 Å². The molecule has 0 atom stereocenters. The van der Waals surface area contributed by atoms with E-state index in [4.69, 9.17) is 5.73 Å². The van der Waals surface area contributed by atoms with Gasteiger partial charge in [0.05, 0.1) is 4.47 Å². The van der Waals surface area contributed by atoms with Crippen LogP contribution in [0.25, 0.3) is 0 Å². The third-order valence-electron chi connectivity index (χ3n) is 2.72. The number of rotatable bonds is 4. The topological polar surface area (TPSA) is 72.2 Å². The summed E-state index contributed by atoms with van der Waals surface area (Å²) in [6, 6.07) is 7.96. The number of hydrogen-bond donors (Lipinski definition) is 2. The minimum absolute atomic E-state index is 0.0613. The Labute approximate surface area is 129 Å². The fraction of sp³-hybridized carbons (Fsp3) is 0.0769. The summed E-state index contributed by atoms with van der Waals surface area (Å²) >= 11 is 2.89. The highest BCUT2D eigenvalue weighted by Crippen LogP contribution is 2.26. The van der Waals surface area contributed by atoms with Crippen molar-refractivity contribution in [2.24, 2.45) is 0 Å². The molecule has 0 fully saturated rings. The van der Waals surface area contributed by atoms with Crippen LogP contribution in [0.2, 0.25) is 0 Å². The van der Waals surface area contributed by atoms with Crippen molar-refractivity contribution in [3.05, 3.63) is 58.1 Å². The molecule has 0 aliphatic heterocycles. The predicted molar refractivity (Wildman–Crippen MR) is 78.9 cm³/mol. The molecule has 0 saturated carbocycles. The normalized spacial score (nSPS) is 11.6. The van der Waals surface area contributed by atoms with Crippen LogP contribution in [0, 0.1) is 11.6 Å². The maximum absolute atomic E-state index is 13.9. The fourth-order valence-electron chi connectivity index (χ4n) is 1.67. The second-order valence-electron chi connectivity index (χ2n) is 4.23. The molecular formula is C13H11BrF2N2O2S. The van der Waals surface area contributed by atoms with E-state index in [1.807, 2.05) is 0 Å². The molecule has 2 aromatic rings. The summed E-state index contributed by atoms with van der Waals surface area (Å²) in [7, 11) is -4.15. The van der Waals surface area contributed by atoms with Crippen LogP contribution >= 0.6 is 15.9 Å². The molecule has 8 heteroatoms. The van der Waals surface area contributed by atoms with Gasteiger partial charge in [0.2, 0.25) is 10.0 Å². The first-order valence-electron chi connectivity index (χ1n) is 5.79. The summed E-state index contributed by atoms with van der Waals surface area (Å²) < 4.78 is 53.6. The third-order valence-corrected chi connectivity index (χ3v) is 4.69. The molecule has 0 saturated heterocycles. The molecule has 0 aromatic heterocycles. The lowest BCUT2D eigenvalue weighted by molar-refractivity contribution is 0.551. The Morgan fingerprint density at radius 1 is 1.19 bits per heavy atom. The van der Waals surface area contributed by atoms with Crippen molar-refractivity contribution in [3.63, 3.8) is 0 Å². The van der Waals surface area contributed by atoms with Gasteiger partial charge in [-0.05, 0) is 34.1 Å². The van der Waals surface area contributed by atoms with E-state index in [2.05, 4.69) is 20.7 Å². The van der Waals surface area contributed by atoms with Crippen molar-refractivity contribution in [1.29, 1.82) is 0 Å². The van der Waals surface area contributed by atoms with Crippen LogP contribution < -0.4 is 10.5 Å². The number of nitrogen functional groups attached to an aromatic ring is 1. The molecule has 0 amide bonds. The Balaban J connectivity index is 2.30. The Morgan fingerprint density at radius 3 is 2.52 bits per heavy atom. The second-order valence-corrected chi connectivity index (χ2v) is 6.82. The molecule has 2 rings (SSSR count). The summed E-state index contributed by atoms with van der Waals surface area (Å²) in [5, 5.41) is 0. The zero-order valence-corrected chi connectivity index (χ0v) is 13.0. The van der Waals surface area contributed by atoms with Crippen LogP contribution in [0.1, 0.15) is 5.56 Å². The number of halogens is 3. The molecule has 0 spiro atoms. The third kappa shape index (κ3) is 3.58. The Hall–Kier alpha value is -1.51. The summed E-state index contributed by atoms with van der Waals surface area (Å²) in [6.07, 6.45) is 0. The van der Waals surface area contributed by atoms with Gasteiger partial charge in [0.25, 0.3) is 0 Å². The minimum Gasteiger partial charge on any atom is -0.399 e. The second kappa shape index (κ2) is 6.08. The number of benzene rings is 2. The van der Waals surface area contributed by atoms with Crippen LogP contribution in [0.3, 0.4) is 0 Å². The summed E-state index contributed by atoms with van der Waals surface area (Å²) in [6.45, 7) is -0.291. The van der Waals surface area contributed by atoms with E-state index in [-0.39, 0.29) is 22.3 Å². The van der Waals surface area contributed by atoms with Gasteiger partial charge in [0.1, 0.15) is 10.7 Å². The molecule has 0 unspecified atom stereocenters. The van der Waals surface area contributed by atoms with Crippen molar-refractivity contribution in [2.45, 2.75) is 11.4 Å². The van der Waals surface area contributed by atoms with E-state index in [1.165, 1.54) is 24.3 Å². The first-order valence-corrected chi connectivity index (χ1v) is 8.06. The summed E-state index contributed by atoms with van der Waals surface area (Å²) in [5.74, 6) is -1.50. The van der Waals surface area contributed by atoms with Crippen molar-refractivity contribution in [2.75, 3.05) is 5.73 Å². The van der Waals surface area contributed by atoms with Crippen LogP contribution in [-0.2, 0) is 16.6 Å². The molecule has 2 aromatic carbocycles. The largest absolute Gasteiger partial charge is 0.399 e. The lowest BCUT2D eigenvalue weighted by Crippen LogP contribution is -2.25. The Kier molecular flexibility index (Phi) is 4.60. The highest BCUT2D eigenvalue weighted by molar-refractivity contribution is 9.10. The van der Waals surface area contributed by atoms with Gasteiger partial charge >= 0.3 is 0 Å². The molecule has 0 heterocycles. The van der Waals surface area contributed by atoms with Gasteiger partial charge in [0, 0.05) is 17.8 Å². The Morgan fingerprint density at radius 2 is 1.86 bits per heavy atom. The van der Waals surface area contributed by atoms with E-state index in [1.54, 1.807) is 6.07 Å². The number of nitrogens with one attached hydrogen (secondary N) is 1. The van der Waals surface area contributed by atoms with Crippen LogP contribution in [0.4, 0.5) is 14.5 Å². The first-order chi connectivity index (χ1) is 9.81. The highest BCUT2D eigenvalue weighted by Gasteiger charge is 2.21. The maximum atomic E-state index is 13.9. The predicted octanol–water partition coefficient (Wildman–Crippen LogP) is 2.79. The molecule has 21 heavy (non-hydrogen) atoms. The number of anilines is 1. The molecule has 0 aliphatic rings. The summed E-state index contributed by atoms with van der Waals surface area (Å²) in [5.41, 5.74) is 5.76. The van der Waals surface area contributed by atoms with Crippen LogP contribution in [-0.4, -0.2) is 8.42 Å². The average Bonchev–Trinajstić information content (AvgIpc) is 2.42. The van der Waals surface area contributed by atoms with Gasteiger partial charge in [-0.25, -0.2) is 21.9 Å². The maximum Gasteiger partial charge on any atom is 0.243 e. The molecule has 0 radical (unpaired) electrons. The van der Waals surface area contributed by atoms with E-state index in [9.17, 15) is 17.2 Å².